The van der Waals surface area contributed by atoms with E-state index in [1.165, 1.54) is 6.21 Å². The Balaban J connectivity index is 3.27. The first-order chi connectivity index (χ1) is 14.4. The molecule has 0 fully saturated rings. The van der Waals surface area contributed by atoms with Crippen LogP contribution in [0.25, 0.3) is 0 Å². The summed E-state index contributed by atoms with van der Waals surface area (Å²) in [6.07, 6.45) is 3.93. The van der Waals surface area contributed by atoms with Gasteiger partial charge >= 0.3 is 0 Å². The van der Waals surface area contributed by atoms with Crippen LogP contribution >= 0.6 is 0 Å². The number of amides is 2. The van der Waals surface area contributed by atoms with Gasteiger partial charge in [0.05, 0.1) is 52.9 Å². The monoisotopic (exact) mass is 431 g/mol. The van der Waals surface area contributed by atoms with Crippen molar-refractivity contribution in [2.45, 2.75) is 46.5 Å². The van der Waals surface area contributed by atoms with Crippen molar-refractivity contribution >= 4 is 18.0 Å². The molecule has 0 heterocycles. The normalized spacial score (nSPS) is 11.3. The number of hydrogen-bond acceptors (Lipinski definition) is 7. The van der Waals surface area contributed by atoms with Gasteiger partial charge in [-0.1, -0.05) is 20.8 Å². The van der Waals surface area contributed by atoms with Crippen molar-refractivity contribution in [1.29, 1.82) is 5.41 Å². The first kappa shape index (κ1) is 28.5. The second kappa shape index (κ2) is 19.4. The zero-order valence-corrected chi connectivity index (χ0v) is 18.9. The average molecular weight is 432 g/mol. The Bertz CT molecular complexity index is 455. The smallest absolute Gasteiger partial charge is 0.225 e. The van der Waals surface area contributed by atoms with Gasteiger partial charge in [-0.05, 0) is 19.1 Å². The lowest BCUT2D eigenvalue weighted by atomic mass is 9.96. The molecule has 9 nitrogen and oxygen atoms in total. The van der Waals surface area contributed by atoms with Crippen molar-refractivity contribution < 1.29 is 28.5 Å². The maximum absolute atomic E-state index is 11.7. The van der Waals surface area contributed by atoms with Gasteiger partial charge in [0.25, 0.3) is 0 Å². The molecular weight excluding hydrogens is 390 g/mol. The lowest BCUT2D eigenvalue weighted by Gasteiger charge is -2.17. The molecule has 0 aliphatic carbocycles. The molecule has 176 valence electrons. The van der Waals surface area contributed by atoms with Crippen LogP contribution in [-0.2, 0) is 28.5 Å². The number of carbonyl (C=O) groups excluding carboxylic acids is 2. The van der Waals surface area contributed by atoms with Crippen molar-refractivity contribution in [1.82, 2.24) is 10.6 Å². The number of nitrogens with one attached hydrogen (secondary N) is 3. The van der Waals surface area contributed by atoms with Crippen molar-refractivity contribution in [3.8, 4) is 0 Å². The summed E-state index contributed by atoms with van der Waals surface area (Å²) in [5.41, 5.74) is -0.371. The van der Waals surface area contributed by atoms with Crippen molar-refractivity contribution in [3.63, 3.8) is 0 Å². The van der Waals surface area contributed by atoms with Gasteiger partial charge in [-0.15, -0.1) is 0 Å². The fourth-order valence-electron chi connectivity index (χ4n) is 2.10. The number of ether oxygens (including phenoxy) is 4. The van der Waals surface area contributed by atoms with Crippen molar-refractivity contribution in [2.24, 2.45) is 5.41 Å². The van der Waals surface area contributed by atoms with Gasteiger partial charge in [-0.3, -0.25) is 9.59 Å². The molecule has 0 aromatic rings. The minimum atomic E-state index is -0.371. The maximum Gasteiger partial charge on any atom is 0.225 e. The van der Waals surface area contributed by atoms with Gasteiger partial charge in [0.1, 0.15) is 0 Å². The Kier molecular flexibility index (Phi) is 18.4. The first-order valence-corrected chi connectivity index (χ1v) is 10.7. The number of hydrogen-bond donors (Lipinski definition) is 3. The third-order valence-corrected chi connectivity index (χ3v) is 3.89. The van der Waals surface area contributed by atoms with Crippen LogP contribution in [0.4, 0.5) is 0 Å². The first-order valence-electron chi connectivity index (χ1n) is 10.7. The minimum Gasteiger partial charge on any atom is -0.379 e. The van der Waals surface area contributed by atoms with E-state index in [2.05, 4.69) is 10.6 Å². The summed E-state index contributed by atoms with van der Waals surface area (Å²) in [6, 6.07) is 0. The van der Waals surface area contributed by atoms with E-state index in [0.717, 1.165) is 12.8 Å². The predicted molar refractivity (Wildman–Crippen MR) is 116 cm³/mol. The molecule has 0 spiro atoms. The summed E-state index contributed by atoms with van der Waals surface area (Å²) in [5, 5.41) is 12.6. The highest BCUT2D eigenvalue weighted by Gasteiger charge is 2.20. The topological polar surface area (TPSA) is 119 Å². The van der Waals surface area contributed by atoms with E-state index in [1.807, 2.05) is 20.8 Å². The van der Waals surface area contributed by atoms with Gasteiger partial charge in [0.15, 0.2) is 0 Å². The quantitative estimate of drug-likeness (QED) is 0.199. The molecule has 0 saturated heterocycles. The Labute approximate surface area is 181 Å². The standard InChI is InChI=1S/C21H41N3O6/c1-21(2,3)20(26)24-10-5-4-9-23-19(25)7-12-28-14-16-30-18-17-29-15-13-27-11-6-8-22/h8,22H,4-7,9-18H2,1-3H3,(H,23,25)(H,24,26). The van der Waals surface area contributed by atoms with Crippen LogP contribution in [0, 0.1) is 10.8 Å². The second-order valence-corrected chi connectivity index (χ2v) is 7.76. The molecule has 9 heteroatoms. The molecule has 0 aliphatic rings. The molecular formula is C21H41N3O6. The molecule has 0 bridgehead atoms. The van der Waals surface area contributed by atoms with E-state index in [0.29, 0.717) is 78.8 Å². The Hall–Kier alpha value is -1.55. The van der Waals surface area contributed by atoms with E-state index in [4.69, 9.17) is 24.4 Å². The molecule has 0 saturated carbocycles. The van der Waals surface area contributed by atoms with E-state index in [1.54, 1.807) is 0 Å². The van der Waals surface area contributed by atoms with Crippen LogP contribution in [0.2, 0.25) is 0 Å². The third-order valence-electron chi connectivity index (χ3n) is 3.89. The number of carbonyl (C=O) groups is 2. The summed E-state index contributed by atoms with van der Waals surface area (Å²) < 4.78 is 21.3. The summed E-state index contributed by atoms with van der Waals surface area (Å²) in [5.74, 6) is 0.00632. The lowest BCUT2D eigenvalue weighted by molar-refractivity contribution is -0.128. The predicted octanol–water partition coefficient (Wildman–Crippen LogP) is 1.54. The highest BCUT2D eigenvalue weighted by molar-refractivity contribution is 5.81. The molecule has 0 rings (SSSR count). The summed E-state index contributed by atoms with van der Waals surface area (Å²) in [6.45, 7) is 10.7. The van der Waals surface area contributed by atoms with Crippen LogP contribution in [0.15, 0.2) is 0 Å². The van der Waals surface area contributed by atoms with Gasteiger partial charge in [0.2, 0.25) is 11.8 Å². The molecule has 0 radical (unpaired) electrons. The van der Waals surface area contributed by atoms with E-state index < -0.39 is 0 Å². The van der Waals surface area contributed by atoms with Gasteiger partial charge in [0, 0.05) is 31.3 Å². The molecule has 30 heavy (non-hydrogen) atoms. The third kappa shape index (κ3) is 19.8. The SMILES string of the molecule is CC(C)(C)C(=O)NCCCCNC(=O)CCOCCOCCOCCOCCC=N. The second-order valence-electron chi connectivity index (χ2n) is 7.76. The van der Waals surface area contributed by atoms with Crippen LogP contribution in [0.1, 0.15) is 46.5 Å². The Morgan fingerprint density at radius 1 is 0.767 bits per heavy atom. The summed E-state index contributed by atoms with van der Waals surface area (Å²) >= 11 is 0. The fraction of sp³-hybridized carbons (Fsp3) is 0.857. The van der Waals surface area contributed by atoms with E-state index in [-0.39, 0.29) is 17.2 Å². The van der Waals surface area contributed by atoms with E-state index >= 15 is 0 Å². The average Bonchev–Trinajstić information content (AvgIpc) is 2.69. The highest BCUT2D eigenvalue weighted by Crippen LogP contribution is 2.12. The minimum absolute atomic E-state index is 0.0362. The molecule has 2 amide bonds. The van der Waals surface area contributed by atoms with Crippen molar-refractivity contribution in [2.75, 3.05) is 65.9 Å². The van der Waals surface area contributed by atoms with Crippen LogP contribution in [-0.4, -0.2) is 84.0 Å². The molecule has 0 aromatic carbocycles. The van der Waals surface area contributed by atoms with Gasteiger partial charge < -0.3 is 35.0 Å². The molecule has 0 atom stereocenters. The van der Waals surface area contributed by atoms with Crippen LogP contribution in [0.5, 0.6) is 0 Å². The number of rotatable bonds is 20. The Morgan fingerprint density at radius 2 is 1.23 bits per heavy atom. The fourth-order valence-corrected chi connectivity index (χ4v) is 2.10. The van der Waals surface area contributed by atoms with E-state index in [9.17, 15) is 9.59 Å². The maximum atomic E-state index is 11.7. The van der Waals surface area contributed by atoms with Crippen LogP contribution in [0.3, 0.4) is 0 Å². The molecule has 0 unspecified atom stereocenters. The van der Waals surface area contributed by atoms with Gasteiger partial charge in [-0.25, -0.2) is 0 Å². The zero-order valence-electron chi connectivity index (χ0n) is 18.9. The van der Waals surface area contributed by atoms with Gasteiger partial charge in [-0.2, -0.15) is 0 Å². The Morgan fingerprint density at radius 3 is 1.73 bits per heavy atom. The van der Waals surface area contributed by atoms with Crippen LogP contribution < -0.4 is 10.6 Å². The zero-order chi connectivity index (χ0) is 22.5. The number of unbranched alkanes of at least 4 members (excludes halogenated alkanes) is 1. The summed E-state index contributed by atoms with van der Waals surface area (Å²) in [4.78, 5) is 23.4. The molecule has 0 aliphatic heterocycles. The molecule has 3 N–H and O–H groups in total. The van der Waals surface area contributed by atoms with Crippen molar-refractivity contribution in [3.05, 3.63) is 0 Å². The highest BCUT2D eigenvalue weighted by atomic mass is 16.6. The molecule has 0 aromatic heterocycles. The summed E-state index contributed by atoms with van der Waals surface area (Å²) in [7, 11) is 0. The largest absolute Gasteiger partial charge is 0.379 e. The lowest BCUT2D eigenvalue weighted by Crippen LogP contribution is -2.35.